The fourth-order valence-corrected chi connectivity index (χ4v) is 4.14. The van der Waals surface area contributed by atoms with Crippen LogP contribution in [0, 0.1) is 0 Å². The summed E-state index contributed by atoms with van der Waals surface area (Å²) in [5, 5.41) is 0. The predicted molar refractivity (Wildman–Crippen MR) is 157 cm³/mol. The van der Waals surface area contributed by atoms with Gasteiger partial charge in [-0.1, -0.05) is 24.9 Å². The molecule has 0 spiro atoms. The van der Waals surface area contributed by atoms with E-state index in [1.165, 1.54) is 11.8 Å². The molecule has 2 aromatic rings. The Balaban J connectivity index is 1.63. The van der Waals surface area contributed by atoms with Crippen molar-refractivity contribution in [1.82, 2.24) is 0 Å². The number of hydrogen-bond acceptors (Lipinski definition) is 9. The zero-order chi connectivity index (χ0) is 30.0. The molecule has 0 saturated carbocycles. The molecule has 0 aliphatic rings. The van der Waals surface area contributed by atoms with E-state index in [0.717, 1.165) is 22.6 Å². The average Bonchev–Trinajstić information content (AvgIpc) is 2.94. The first-order valence-corrected chi connectivity index (χ1v) is 14.4. The standard InChI is InChI=1S/C32H38O8S/c1-23(2)31(35)37-21-9-5-7-11-29(33)39-25-13-17-27(18-14-25)41-28-19-15-26(16-20-28)40-30(34)12-8-6-10-22-38-32(36)24(3)4/h13-20H,1,3,5-12,21-22H2,2,4H3. The number of unbranched alkanes of at least 4 members (excludes halogenated alkanes) is 4. The van der Waals surface area contributed by atoms with Crippen LogP contribution in [0.5, 0.6) is 11.5 Å². The lowest BCUT2D eigenvalue weighted by atomic mass is 10.2. The highest BCUT2D eigenvalue weighted by molar-refractivity contribution is 7.99. The first kappa shape index (κ1) is 33.4. The first-order chi connectivity index (χ1) is 19.6. The Morgan fingerprint density at radius 3 is 1.29 bits per heavy atom. The molecule has 220 valence electrons. The summed E-state index contributed by atoms with van der Waals surface area (Å²) in [6.45, 7) is 10.9. The van der Waals surface area contributed by atoms with E-state index in [-0.39, 0.29) is 24.8 Å². The van der Waals surface area contributed by atoms with Gasteiger partial charge in [-0.2, -0.15) is 0 Å². The average molecular weight is 583 g/mol. The quantitative estimate of drug-likeness (QED) is 0.0794. The van der Waals surface area contributed by atoms with Gasteiger partial charge in [0.1, 0.15) is 11.5 Å². The van der Waals surface area contributed by atoms with Crippen molar-refractivity contribution in [3.05, 3.63) is 72.8 Å². The largest absolute Gasteiger partial charge is 0.462 e. The molecule has 0 heterocycles. The van der Waals surface area contributed by atoms with E-state index >= 15 is 0 Å². The Hall–Kier alpha value is -3.85. The molecule has 2 aromatic carbocycles. The van der Waals surface area contributed by atoms with Gasteiger partial charge in [0.25, 0.3) is 0 Å². The second-order valence-corrected chi connectivity index (χ2v) is 10.6. The Morgan fingerprint density at radius 1 is 0.585 bits per heavy atom. The molecule has 0 aromatic heterocycles. The van der Waals surface area contributed by atoms with Crippen molar-refractivity contribution in [1.29, 1.82) is 0 Å². The molecular weight excluding hydrogens is 544 g/mol. The van der Waals surface area contributed by atoms with Crippen molar-refractivity contribution < 1.29 is 38.1 Å². The molecular formula is C32H38O8S. The second-order valence-electron chi connectivity index (χ2n) is 9.45. The Bertz CT molecular complexity index is 1090. The minimum atomic E-state index is -0.398. The molecule has 0 aliphatic heterocycles. The predicted octanol–water partition coefficient (Wildman–Crippen LogP) is 7.01. The molecule has 0 radical (unpaired) electrons. The highest BCUT2D eigenvalue weighted by Crippen LogP contribution is 2.30. The molecule has 0 atom stereocenters. The number of carbonyl (C=O) groups is 4. The first-order valence-electron chi connectivity index (χ1n) is 13.6. The molecule has 0 bridgehead atoms. The van der Waals surface area contributed by atoms with Crippen LogP contribution in [0.4, 0.5) is 0 Å². The maximum absolute atomic E-state index is 12.1. The molecule has 41 heavy (non-hydrogen) atoms. The molecule has 0 aliphatic carbocycles. The maximum Gasteiger partial charge on any atom is 0.333 e. The highest BCUT2D eigenvalue weighted by Gasteiger charge is 2.09. The summed E-state index contributed by atoms with van der Waals surface area (Å²) in [6, 6.07) is 14.5. The van der Waals surface area contributed by atoms with Gasteiger partial charge in [-0.3, -0.25) is 9.59 Å². The fourth-order valence-electron chi connectivity index (χ4n) is 3.32. The summed E-state index contributed by atoms with van der Waals surface area (Å²) in [4.78, 5) is 48.7. The van der Waals surface area contributed by atoms with Gasteiger partial charge in [-0.25, -0.2) is 9.59 Å². The van der Waals surface area contributed by atoms with Crippen LogP contribution in [0.2, 0.25) is 0 Å². The summed E-state index contributed by atoms with van der Waals surface area (Å²) >= 11 is 1.53. The van der Waals surface area contributed by atoms with Gasteiger partial charge in [0.2, 0.25) is 0 Å². The zero-order valence-corrected chi connectivity index (χ0v) is 24.6. The van der Waals surface area contributed by atoms with Crippen molar-refractivity contribution in [3.8, 4) is 11.5 Å². The fraction of sp³-hybridized carbons (Fsp3) is 0.375. The van der Waals surface area contributed by atoms with Crippen LogP contribution < -0.4 is 9.47 Å². The van der Waals surface area contributed by atoms with Gasteiger partial charge in [-0.15, -0.1) is 0 Å². The van der Waals surface area contributed by atoms with E-state index in [2.05, 4.69) is 13.2 Å². The van der Waals surface area contributed by atoms with E-state index in [0.29, 0.717) is 61.5 Å². The molecule has 0 N–H and O–H groups in total. The number of hydrogen-bond donors (Lipinski definition) is 0. The highest BCUT2D eigenvalue weighted by atomic mass is 32.2. The summed E-state index contributed by atoms with van der Waals surface area (Å²) in [5.74, 6) is -0.456. The summed E-state index contributed by atoms with van der Waals surface area (Å²) in [7, 11) is 0. The number of benzene rings is 2. The van der Waals surface area contributed by atoms with Crippen LogP contribution in [0.1, 0.15) is 65.2 Å². The van der Waals surface area contributed by atoms with Crippen LogP contribution in [0.25, 0.3) is 0 Å². The SMILES string of the molecule is C=C(C)C(=O)OCCCCCC(=O)Oc1ccc(Sc2ccc(OC(=O)CCCCCOC(=O)C(=C)C)cc2)cc1. The van der Waals surface area contributed by atoms with E-state index in [1.807, 2.05) is 24.3 Å². The van der Waals surface area contributed by atoms with E-state index in [9.17, 15) is 19.2 Å². The Kier molecular flexibility index (Phi) is 15.0. The van der Waals surface area contributed by atoms with Crippen LogP contribution in [-0.4, -0.2) is 37.1 Å². The lowest BCUT2D eigenvalue weighted by Gasteiger charge is -2.08. The summed E-state index contributed by atoms with van der Waals surface area (Å²) in [6.07, 6.45) is 4.74. The molecule has 2 rings (SSSR count). The minimum absolute atomic E-state index is 0.287. The van der Waals surface area contributed by atoms with Gasteiger partial charge in [0, 0.05) is 33.8 Å². The molecule has 0 saturated heterocycles. The maximum atomic E-state index is 12.1. The Morgan fingerprint density at radius 2 is 0.951 bits per heavy atom. The third-order valence-electron chi connectivity index (χ3n) is 5.56. The smallest absolute Gasteiger partial charge is 0.333 e. The molecule has 9 heteroatoms. The van der Waals surface area contributed by atoms with E-state index in [4.69, 9.17) is 18.9 Å². The van der Waals surface area contributed by atoms with Crippen molar-refractivity contribution in [2.45, 2.75) is 75.0 Å². The van der Waals surface area contributed by atoms with E-state index in [1.54, 1.807) is 38.1 Å². The number of rotatable bonds is 18. The number of ether oxygens (including phenoxy) is 4. The molecule has 0 fully saturated rings. The summed E-state index contributed by atoms with van der Waals surface area (Å²) in [5.41, 5.74) is 0.742. The van der Waals surface area contributed by atoms with Gasteiger partial charge in [0.15, 0.2) is 0 Å². The molecule has 8 nitrogen and oxygen atoms in total. The van der Waals surface area contributed by atoms with Crippen molar-refractivity contribution >= 4 is 35.6 Å². The Labute approximate surface area is 246 Å². The third-order valence-corrected chi connectivity index (χ3v) is 6.58. The van der Waals surface area contributed by atoms with Gasteiger partial charge in [0.05, 0.1) is 13.2 Å². The van der Waals surface area contributed by atoms with Crippen molar-refractivity contribution in [2.75, 3.05) is 13.2 Å². The minimum Gasteiger partial charge on any atom is -0.462 e. The second kappa shape index (κ2) is 18.5. The van der Waals surface area contributed by atoms with Gasteiger partial charge >= 0.3 is 23.9 Å². The normalized spacial score (nSPS) is 10.4. The van der Waals surface area contributed by atoms with Crippen molar-refractivity contribution in [2.24, 2.45) is 0 Å². The van der Waals surface area contributed by atoms with E-state index < -0.39 is 11.9 Å². The lowest BCUT2D eigenvalue weighted by Crippen LogP contribution is -2.08. The van der Waals surface area contributed by atoms with Crippen molar-refractivity contribution in [3.63, 3.8) is 0 Å². The monoisotopic (exact) mass is 582 g/mol. The van der Waals surface area contributed by atoms with Gasteiger partial charge < -0.3 is 18.9 Å². The molecule has 0 amide bonds. The topological polar surface area (TPSA) is 105 Å². The van der Waals surface area contributed by atoms with Gasteiger partial charge in [-0.05, 0) is 101 Å². The van der Waals surface area contributed by atoms with Crippen LogP contribution in [0.15, 0.2) is 82.6 Å². The number of esters is 4. The van der Waals surface area contributed by atoms with Crippen LogP contribution >= 0.6 is 11.8 Å². The van der Waals surface area contributed by atoms with Crippen LogP contribution in [-0.2, 0) is 28.7 Å². The zero-order valence-electron chi connectivity index (χ0n) is 23.8. The lowest BCUT2D eigenvalue weighted by molar-refractivity contribution is -0.140. The third kappa shape index (κ3) is 14.4. The van der Waals surface area contributed by atoms with Crippen LogP contribution in [0.3, 0.4) is 0 Å². The number of carbonyl (C=O) groups excluding carboxylic acids is 4. The molecule has 0 unspecified atom stereocenters. The summed E-state index contributed by atoms with van der Waals surface area (Å²) < 4.78 is 20.8.